The smallest absolute Gasteiger partial charge is 0.383 e. The van der Waals surface area contributed by atoms with Crippen LogP contribution in [0, 0.1) is 0 Å². The topological polar surface area (TPSA) is 122 Å². The van der Waals surface area contributed by atoms with Crippen LogP contribution in [0.15, 0.2) is 48.5 Å². The van der Waals surface area contributed by atoms with Gasteiger partial charge < -0.3 is 16.4 Å². The van der Waals surface area contributed by atoms with Crippen LogP contribution in [-0.4, -0.2) is 26.2 Å². The highest BCUT2D eigenvalue weighted by Crippen LogP contribution is 2.31. The number of benzene rings is 2. The number of amides is 2. The summed E-state index contributed by atoms with van der Waals surface area (Å²) < 4.78 is 38.6. The molecule has 2 amide bonds. The average molecular weight is 469 g/mol. The van der Waals surface area contributed by atoms with Crippen molar-refractivity contribution in [1.29, 1.82) is 0 Å². The van der Waals surface area contributed by atoms with Crippen LogP contribution >= 0.6 is 0 Å². The van der Waals surface area contributed by atoms with Crippen molar-refractivity contribution in [1.82, 2.24) is 20.2 Å². The molecule has 0 aliphatic rings. The van der Waals surface area contributed by atoms with Crippen molar-refractivity contribution in [3.63, 3.8) is 0 Å². The number of hydrogen-bond donors (Lipinski definition) is 4. The van der Waals surface area contributed by atoms with E-state index in [9.17, 15) is 18.0 Å². The maximum atomic E-state index is 12.9. The van der Waals surface area contributed by atoms with Gasteiger partial charge in [-0.25, -0.2) is 14.8 Å². The number of alkyl halides is 3. The first-order chi connectivity index (χ1) is 16.1. The van der Waals surface area contributed by atoms with E-state index >= 15 is 0 Å². The number of aromatic nitrogens is 4. The first kappa shape index (κ1) is 23.0. The lowest BCUT2D eigenvalue weighted by Gasteiger charge is -2.11. The summed E-state index contributed by atoms with van der Waals surface area (Å²) in [6, 6.07) is 10.8. The number of nitrogens with two attached hydrogens (primary N) is 1. The lowest BCUT2D eigenvalue weighted by molar-refractivity contribution is -0.137. The third-order valence-corrected chi connectivity index (χ3v) is 5.06. The molecular formula is C23H22F3N7O. The maximum Gasteiger partial charge on any atom is 0.416 e. The number of fused-ring (bicyclic) bond motifs is 1. The molecule has 11 heteroatoms. The molecule has 8 nitrogen and oxygen atoms in total. The Bertz CT molecular complexity index is 1350. The number of carbonyl (C=O) groups is 1. The van der Waals surface area contributed by atoms with Gasteiger partial charge in [-0.05, 0) is 35.9 Å². The average Bonchev–Trinajstić information content (AvgIpc) is 3.16. The zero-order valence-electron chi connectivity index (χ0n) is 18.4. The molecule has 4 aromatic rings. The first-order valence-electron chi connectivity index (χ1n) is 10.4. The van der Waals surface area contributed by atoms with Crippen molar-refractivity contribution < 1.29 is 18.0 Å². The molecule has 0 saturated carbocycles. The van der Waals surface area contributed by atoms with Gasteiger partial charge in [0.25, 0.3) is 0 Å². The number of aromatic amines is 1. The third kappa shape index (κ3) is 5.08. The summed E-state index contributed by atoms with van der Waals surface area (Å²) in [5.74, 6) is 1.06. The second-order valence-electron chi connectivity index (χ2n) is 8.06. The van der Waals surface area contributed by atoms with Crippen LogP contribution in [0.5, 0.6) is 0 Å². The van der Waals surface area contributed by atoms with Gasteiger partial charge >= 0.3 is 12.2 Å². The normalized spacial score (nSPS) is 11.7. The quantitative estimate of drug-likeness (QED) is 0.316. The fraction of sp³-hybridized carbons (Fsp3) is 0.217. The fourth-order valence-electron chi connectivity index (χ4n) is 3.45. The van der Waals surface area contributed by atoms with E-state index in [0.717, 1.165) is 23.4 Å². The van der Waals surface area contributed by atoms with E-state index in [1.807, 2.05) is 19.9 Å². The Morgan fingerprint density at radius 3 is 2.41 bits per heavy atom. The molecule has 5 N–H and O–H groups in total. The Hall–Kier alpha value is -4.15. The minimum atomic E-state index is -4.50. The first-order valence-corrected chi connectivity index (χ1v) is 10.4. The molecule has 4 rings (SSSR count). The van der Waals surface area contributed by atoms with Crippen molar-refractivity contribution in [2.45, 2.75) is 32.4 Å². The molecule has 0 spiro atoms. The minimum Gasteiger partial charge on any atom is -0.383 e. The van der Waals surface area contributed by atoms with Crippen LogP contribution in [0.2, 0.25) is 0 Å². The largest absolute Gasteiger partial charge is 0.416 e. The van der Waals surface area contributed by atoms with Crippen LogP contribution in [0.3, 0.4) is 0 Å². The predicted octanol–water partition coefficient (Wildman–Crippen LogP) is 5.31. The van der Waals surface area contributed by atoms with E-state index in [-0.39, 0.29) is 11.6 Å². The number of urea groups is 1. The number of halogens is 3. The number of nitrogen functional groups attached to an aromatic ring is 1. The van der Waals surface area contributed by atoms with Gasteiger partial charge in [-0.1, -0.05) is 32.0 Å². The fourth-order valence-corrected chi connectivity index (χ4v) is 3.45. The van der Waals surface area contributed by atoms with E-state index in [2.05, 4.69) is 30.8 Å². The van der Waals surface area contributed by atoms with Gasteiger partial charge in [-0.15, -0.1) is 0 Å². The second-order valence-corrected chi connectivity index (χ2v) is 8.06. The summed E-state index contributed by atoms with van der Waals surface area (Å²) in [7, 11) is 0. The van der Waals surface area contributed by atoms with Crippen LogP contribution in [0.4, 0.5) is 35.2 Å². The highest BCUT2D eigenvalue weighted by molar-refractivity contribution is 5.99. The van der Waals surface area contributed by atoms with Gasteiger partial charge in [0.2, 0.25) is 0 Å². The zero-order chi connectivity index (χ0) is 24.5. The van der Waals surface area contributed by atoms with Crippen LogP contribution in [0.25, 0.3) is 11.0 Å². The molecule has 0 aliphatic heterocycles. The summed E-state index contributed by atoms with van der Waals surface area (Å²) in [4.78, 5) is 21.1. The standard InChI is InChI=1S/C23H22F3N7O/c1-12(2)20-30-19(27)18-17(32-33-21(18)31-20)10-13-5-3-7-15(9-13)28-22(34)29-16-8-4-6-14(11-16)23(24,25)26/h3-9,11-12H,10H2,1-2H3,(H2,28,29,34)(H3,27,30,31,32,33). The van der Waals surface area contributed by atoms with Gasteiger partial charge in [0, 0.05) is 23.7 Å². The molecule has 176 valence electrons. The van der Waals surface area contributed by atoms with E-state index in [1.165, 1.54) is 12.1 Å². The van der Waals surface area contributed by atoms with Crippen LogP contribution < -0.4 is 16.4 Å². The monoisotopic (exact) mass is 469 g/mol. The molecule has 2 aromatic carbocycles. The van der Waals surface area contributed by atoms with Gasteiger partial charge in [0.1, 0.15) is 11.6 Å². The Balaban J connectivity index is 1.48. The highest BCUT2D eigenvalue weighted by atomic mass is 19.4. The molecule has 0 atom stereocenters. The maximum absolute atomic E-state index is 12.9. The Kier molecular flexibility index (Phi) is 6.10. The van der Waals surface area contributed by atoms with Crippen LogP contribution in [-0.2, 0) is 12.6 Å². The van der Waals surface area contributed by atoms with Crippen molar-refractivity contribution in [2.24, 2.45) is 0 Å². The molecule has 0 aliphatic carbocycles. The highest BCUT2D eigenvalue weighted by Gasteiger charge is 2.30. The summed E-state index contributed by atoms with van der Waals surface area (Å²) >= 11 is 0. The summed E-state index contributed by atoms with van der Waals surface area (Å²) in [6.45, 7) is 3.94. The lowest BCUT2D eigenvalue weighted by Crippen LogP contribution is -2.20. The number of anilines is 3. The van der Waals surface area contributed by atoms with E-state index in [0.29, 0.717) is 34.8 Å². The van der Waals surface area contributed by atoms with E-state index in [4.69, 9.17) is 5.73 Å². The van der Waals surface area contributed by atoms with E-state index < -0.39 is 17.8 Å². The molecule has 2 heterocycles. The lowest BCUT2D eigenvalue weighted by atomic mass is 10.1. The van der Waals surface area contributed by atoms with Crippen molar-refractivity contribution >= 4 is 34.3 Å². The molecular weight excluding hydrogens is 447 g/mol. The van der Waals surface area contributed by atoms with Gasteiger partial charge in [0.15, 0.2) is 5.65 Å². The van der Waals surface area contributed by atoms with Crippen molar-refractivity contribution in [2.75, 3.05) is 16.4 Å². The Morgan fingerprint density at radius 1 is 1.06 bits per heavy atom. The van der Waals surface area contributed by atoms with Gasteiger partial charge in [0.05, 0.1) is 16.6 Å². The predicted molar refractivity (Wildman–Crippen MR) is 124 cm³/mol. The van der Waals surface area contributed by atoms with E-state index in [1.54, 1.807) is 18.2 Å². The number of hydrogen-bond acceptors (Lipinski definition) is 5. The summed E-state index contributed by atoms with van der Waals surface area (Å²) in [5.41, 5.74) is 7.87. The molecule has 0 unspecified atom stereocenters. The van der Waals surface area contributed by atoms with Crippen molar-refractivity contribution in [3.05, 3.63) is 71.2 Å². The van der Waals surface area contributed by atoms with Gasteiger partial charge in [-0.2, -0.15) is 18.3 Å². The molecule has 2 aromatic heterocycles. The zero-order valence-corrected chi connectivity index (χ0v) is 18.4. The van der Waals surface area contributed by atoms with Crippen molar-refractivity contribution in [3.8, 4) is 0 Å². The SMILES string of the molecule is CC(C)c1nc(N)c2c(Cc3cccc(NC(=O)Nc4cccc(C(F)(F)F)c4)c3)[nH]nc2n1. The van der Waals surface area contributed by atoms with Crippen LogP contribution in [0.1, 0.15) is 42.4 Å². The molecule has 0 fully saturated rings. The molecule has 34 heavy (non-hydrogen) atoms. The molecule has 0 saturated heterocycles. The number of nitrogens with zero attached hydrogens (tertiary/aromatic N) is 3. The number of H-pyrrole nitrogens is 1. The third-order valence-electron chi connectivity index (χ3n) is 5.06. The second kappa shape index (κ2) is 9.00. The molecule has 0 radical (unpaired) electrons. The Labute approximate surface area is 192 Å². The van der Waals surface area contributed by atoms with Gasteiger partial charge in [-0.3, -0.25) is 5.10 Å². The number of carbonyl (C=O) groups excluding carboxylic acids is 1. The number of rotatable bonds is 5. The number of nitrogens with one attached hydrogen (secondary N) is 3. The Morgan fingerprint density at radius 2 is 1.74 bits per heavy atom. The molecule has 0 bridgehead atoms. The summed E-state index contributed by atoms with van der Waals surface area (Å²) in [5, 5.41) is 12.9. The summed E-state index contributed by atoms with van der Waals surface area (Å²) in [6.07, 6.45) is -4.07. The minimum absolute atomic E-state index is 0.0312.